The summed E-state index contributed by atoms with van der Waals surface area (Å²) in [5.41, 5.74) is 6.57. The van der Waals surface area contributed by atoms with Gasteiger partial charge < -0.3 is 11.1 Å². The number of nitrogens with two attached hydrogens (primary N) is 1. The maximum atomic E-state index is 13.0. The Kier molecular flexibility index (Phi) is 4.72. The minimum atomic E-state index is -0.211. The second-order valence-corrected chi connectivity index (χ2v) is 4.15. The quantitative estimate of drug-likeness (QED) is 0.780. The van der Waals surface area contributed by atoms with Crippen molar-refractivity contribution in [1.29, 1.82) is 0 Å². The molecule has 1 aromatic rings. The highest BCUT2D eigenvalue weighted by atomic mass is 19.1. The van der Waals surface area contributed by atoms with E-state index >= 15 is 0 Å². The van der Waals surface area contributed by atoms with Crippen LogP contribution in [-0.4, -0.2) is 13.1 Å². The summed E-state index contributed by atoms with van der Waals surface area (Å²) in [7, 11) is 0. The molecule has 0 heterocycles. The number of hydrogen-bond acceptors (Lipinski definition) is 2. The second kappa shape index (κ2) is 5.83. The predicted octanol–water partition coefficient (Wildman–Crippen LogP) is 2.07. The molecular weight excluding hydrogens is 191 g/mol. The molecule has 0 aliphatic carbocycles. The minimum absolute atomic E-state index is 0.0445. The van der Waals surface area contributed by atoms with E-state index in [4.69, 9.17) is 5.73 Å². The number of benzene rings is 1. The molecule has 1 rings (SSSR count). The zero-order valence-electron chi connectivity index (χ0n) is 9.33. The first-order valence-corrected chi connectivity index (χ1v) is 5.32. The highest BCUT2D eigenvalue weighted by Gasteiger charge is 2.09. The first kappa shape index (κ1) is 12.1. The Morgan fingerprint density at radius 2 is 2.13 bits per heavy atom. The zero-order valence-corrected chi connectivity index (χ0v) is 9.33. The lowest BCUT2D eigenvalue weighted by Gasteiger charge is -2.18. The molecule has 0 aromatic heterocycles. The molecule has 0 bridgehead atoms. The van der Waals surface area contributed by atoms with Crippen LogP contribution in [-0.2, 0) is 0 Å². The average Bonchev–Trinajstić information content (AvgIpc) is 2.18. The van der Waals surface area contributed by atoms with Gasteiger partial charge in [-0.05, 0) is 30.2 Å². The summed E-state index contributed by atoms with van der Waals surface area (Å²) in [6.07, 6.45) is 0. The van der Waals surface area contributed by atoms with Crippen LogP contribution in [0.1, 0.15) is 25.5 Å². The highest BCUT2D eigenvalue weighted by Crippen LogP contribution is 2.13. The Hall–Kier alpha value is -0.930. The molecule has 1 aromatic carbocycles. The van der Waals surface area contributed by atoms with E-state index in [0.717, 1.165) is 12.1 Å². The summed E-state index contributed by atoms with van der Waals surface area (Å²) in [6.45, 7) is 5.63. The van der Waals surface area contributed by atoms with Crippen LogP contribution in [0.15, 0.2) is 24.3 Å². The molecule has 3 heteroatoms. The second-order valence-electron chi connectivity index (χ2n) is 4.15. The molecule has 0 saturated carbocycles. The van der Waals surface area contributed by atoms with Gasteiger partial charge in [-0.2, -0.15) is 0 Å². The Morgan fingerprint density at radius 1 is 1.40 bits per heavy atom. The van der Waals surface area contributed by atoms with Gasteiger partial charge in [0.2, 0.25) is 0 Å². The maximum Gasteiger partial charge on any atom is 0.123 e. The lowest BCUT2D eigenvalue weighted by Crippen LogP contribution is -2.31. The van der Waals surface area contributed by atoms with E-state index in [9.17, 15) is 4.39 Å². The molecular formula is C12H19FN2. The fourth-order valence-corrected chi connectivity index (χ4v) is 1.44. The molecule has 1 unspecified atom stereocenters. The minimum Gasteiger partial charge on any atom is -0.329 e. The van der Waals surface area contributed by atoms with Crippen molar-refractivity contribution in [2.24, 2.45) is 11.7 Å². The molecule has 0 amide bonds. The Balaban J connectivity index is 2.65. The van der Waals surface area contributed by atoms with Crippen LogP contribution < -0.4 is 11.1 Å². The molecule has 0 aliphatic rings. The number of nitrogens with one attached hydrogen (secondary N) is 1. The van der Waals surface area contributed by atoms with Crippen molar-refractivity contribution in [3.8, 4) is 0 Å². The van der Waals surface area contributed by atoms with Gasteiger partial charge in [-0.15, -0.1) is 0 Å². The van der Waals surface area contributed by atoms with E-state index in [0.29, 0.717) is 12.5 Å². The van der Waals surface area contributed by atoms with Crippen molar-refractivity contribution in [2.45, 2.75) is 19.9 Å². The summed E-state index contributed by atoms with van der Waals surface area (Å²) in [6, 6.07) is 6.63. The zero-order chi connectivity index (χ0) is 11.3. The molecule has 15 heavy (non-hydrogen) atoms. The van der Waals surface area contributed by atoms with Crippen molar-refractivity contribution < 1.29 is 4.39 Å². The van der Waals surface area contributed by atoms with Crippen LogP contribution in [0.2, 0.25) is 0 Å². The van der Waals surface area contributed by atoms with Crippen LogP contribution in [0.25, 0.3) is 0 Å². The Labute approximate surface area is 90.7 Å². The first-order valence-electron chi connectivity index (χ1n) is 5.32. The summed E-state index contributed by atoms with van der Waals surface area (Å²) in [4.78, 5) is 0. The van der Waals surface area contributed by atoms with E-state index in [1.165, 1.54) is 12.1 Å². The number of hydrogen-bond donors (Lipinski definition) is 2. The van der Waals surface area contributed by atoms with Gasteiger partial charge in [-0.25, -0.2) is 4.39 Å². The monoisotopic (exact) mass is 210 g/mol. The van der Waals surface area contributed by atoms with E-state index in [2.05, 4.69) is 19.2 Å². The van der Waals surface area contributed by atoms with Gasteiger partial charge in [0.1, 0.15) is 5.82 Å². The van der Waals surface area contributed by atoms with Crippen LogP contribution in [0.4, 0.5) is 4.39 Å². The first-order chi connectivity index (χ1) is 7.13. The van der Waals surface area contributed by atoms with E-state index in [1.807, 2.05) is 6.07 Å². The van der Waals surface area contributed by atoms with Crippen molar-refractivity contribution >= 4 is 0 Å². The molecule has 0 saturated heterocycles. The summed E-state index contributed by atoms with van der Waals surface area (Å²) in [5, 5.41) is 3.32. The fraction of sp³-hybridized carbons (Fsp3) is 0.500. The van der Waals surface area contributed by atoms with E-state index in [1.54, 1.807) is 6.07 Å². The van der Waals surface area contributed by atoms with Gasteiger partial charge in [0, 0.05) is 12.6 Å². The summed E-state index contributed by atoms with van der Waals surface area (Å²) in [5.74, 6) is 0.352. The van der Waals surface area contributed by atoms with Crippen LogP contribution >= 0.6 is 0 Å². The van der Waals surface area contributed by atoms with E-state index < -0.39 is 0 Å². The smallest absolute Gasteiger partial charge is 0.123 e. The summed E-state index contributed by atoms with van der Waals surface area (Å²) < 4.78 is 13.0. The Morgan fingerprint density at radius 3 is 2.67 bits per heavy atom. The van der Waals surface area contributed by atoms with Gasteiger partial charge in [0.25, 0.3) is 0 Å². The van der Waals surface area contributed by atoms with Gasteiger partial charge in [0.05, 0.1) is 0 Å². The van der Waals surface area contributed by atoms with Gasteiger partial charge in [-0.3, -0.25) is 0 Å². The molecule has 0 aliphatic heterocycles. The van der Waals surface area contributed by atoms with Crippen molar-refractivity contribution in [1.82, 2.24) is 5.32 Å². The molecule has 3 N–H and O–H groups in total. The Bertz CT molecular complexity index is 299. The van der Waals surface area contributed by atoms with Crippen LogP contribution in [0.3, 0.4) is 0 Å². The lowest BCUT2D eigenvalue weighted by atomic mass is 10.1. The van der Waals surface area contributed by atoms with Gasteiger partial charge in [-0.1, -0.05) is 26.0 Å². The molecule has 1 atom stereocenters. The van der Waals surface area contributed by atoms with E-state index in [-0.39, 0.29) is 11.9 Å². The largest absolute Gasteiger partial charge is 0.329 e. The topological polar surface area (TPSA) is 38.0 Å². The van der Waals surface area contributed by atoms with Crippen molar-refractivity contribution in [2.75, 3.05) is 13.1 Å². The molecule has 0 fully saturated rings. The molecule has 84 valence electrons. The predicted molar refractivity (Wildman–Crippen MR) is 61.0 cm³/mol. The average molecular weight is 210 g/mol. The lowest BCUT2D eigenvalue weighted by molar-refractivity contribution is 0.477. The normalized spacial score (nSPS) is 13.1. The van der Waals surface area contributed by atoms with Crippen molar-refractivity contribution in [3.05, 3.63) is 35.6 Å². The third-order valence-corrected chi connectivity index (χ3v) is 2.26. The van der Waals surface area contributed by atoms with Gasteiger partial charge in [0.15, 0.2) is 0 Å². The summed E-state index contributed by atoms with van der Waals surface area (Å²) >= 11 is 0. The molecule has 0 radical (unpaired) electrons. The van der Waals surface area contributed by atoms with Crippen LogP contribution in [0.5, 0.6) is 0 Å². The molecule has 2 nitrogen and oxygen atoms in total. The number of rotatable bonds is 5. The fourth-order valence-electron chi connectivity index (χ4n) is 1.44. The number of halogens is 1. The third kappa shape index (κ3) is 3.98. The maximum absolute atomic E-state index is 13.0. The highest BCUT2D eigenvalue weighted by molar-refractivity contribution is 5.20. The SMILES string of the molecule is CC(C)CNC(CN)c1cccc(F)c1. The standard InChI is InChI=1S/C12H19FN2/c1-9(2)8-15-12(7-14)10-4-3-5-11(13)6-10/h3-6,9,12,15H,7-8,14H2,1-2H3. The molecule has 0 spiro atoms. The third-order valence-electron chi connectivity index (χ3n) is 2.26. The van der Waals surface area contributed by atoms with Gasteiger partial charge >= 0.3 is 0 Å². The van der Waals surface area contributed by atoms with Crippen LogP contribution in [0, 0.1) is 11.7 Å². The van der Waals surface area contributed by atoms with Crippen molar-refractivity contribution in [3.63, 3.8) is 0 Å².